The number of aromatic nitrogens is 2. The van der Waals surface area contributed by atoms with Crippen molar-refractivity contribution in [3.63, 3.8) is 0 Å². The molecule has 328 valence electrons. The molecule has 2 heterocycles. The van der Waals surface area contributed by atoms with Crippen LogP contribution in [0.4, 0.5) is 0 Å². The summed E-state index contributed by atoms with van der Waals surface area (Å²) in [6, 6.07) is 26.7. The van der Waals surface area contributed by atoms with Gasteiger partial charge in [-0.3, -0.25) is 24.0 Å². The van der Waals surface area contributed by atoms with E-state index in [1.54, 1.807) is 27.9 Å². The standard InChI is InChI=1S/C50H63N7O5/c1-3-5-7-15-21-46(58)53-45(49(61)51-26-16-8-6-4-2)32-56-31-44(52-33-56)36-22-24-37(25-23-36)50(62)57-29-40(47(59)54-42-27-38(42)34-17-11-9-12-18-34)41(30-57)48(60)55-43-28-39(43)35-19-13-10-14-20-35/h9-14,17-20,22-25,31,33,38-43,45H,3-8,15-16,21,26-30,32H2,1-2H3,(H,51,61)(H,53,58)(H,54,59)(H,55,60)/t38-,39-,40-,41-,42+,43+,45?/m1/s1. The van der Waals surface area contributed by atoms with Gasteiger partial charge in [-0.2, -0.15) is 0 Å². The number of hydrogen-bond acceptors (Lipinski definition) is 6. The highest BCUT2D eigenvalue weighted by atomic mass is 16.2. The van der Waals surface area contributed by atoms with E-state index >= 15 is 0 Å². The van der Waals surface area contributed by atoms with Crippen LogP contribution >= 0.6 is 0 Å². The molecule has 2 saturated carbocycles. The van der Waals surface area contributed by atoms with Crippen molar-refractivity contribution in [1.82, 2.24) is 35.7 Å². The average molecular weight is 842 g/mol. The number of nitrogens with zero attached hydrogens (tertiary/aromatic N) is 3. The lowest BCUT2D eigenvalue weighted by Crippen LogP contribution is -2.49. The lowest BCUT2D eigenvalue weighted by atomic mass is 9.94. The van der Waals surface area contributed by atoms with E-state index in [9.17, 15) is 24.0 Å². The fraction of sp³-hybridized carbons (Fsp3) is 0.480. The number of carbonyl (C=O) groups excluding carboxylic acids is 5. The van der Waals surface area contributed by atoms with Gasteiger partial charge in [0.15, 0.2) is 0 Å². The first-order chi connectivity index (χ1) is 30.2. The molecule has 1 aromatic heterocycles. The van der Waals surface area contributed by atoms with E-state index in [-0.39, 0.29) is 73.1 Å². The zero-order valence-corrected chi connectivity index (χ0v) is 36.3. The fourth-order valence-electron chi connectivity index (χ4n) is 8.77. The molecule has 5 amide bonds. The van der Waals surface area contributed by atoms with Crippen molar-refractivity contribution in [2.24, 2.45) is 11.8 Å². The van der Waals surface area contributed by atoms with Crippen molar-refractivity contribution >= 4 is 29.5 Å². The molecule has 0 radical (unpaired) electrons. The van der Waals surface area contributed by atoms with Gasteiger partial charge in [0.25, 0.3) is 5.91 Å². The molecule has 2 aliphatic carbocycles. The monoisotopic (exact) mass is 841 g/mol. The Kier molecular flexibility index (Phi) is 15.2. The first kappa shape index (κ1) is 44.3. The molecule has 4 N–H and O–H groups in total. The van der Waals surface area contributed by atoms with E-state index in [1.807, 2.05) is 54.7 Å². The van der Waals surface area contributed by atoms with Gasteiger partial charge in [-0.05, 0) is 48.9 Å². The second-order valence-electron chi connectivity index (χ2n) is 17.5. The molecule has 4 aromatic rings. The van der Waals surface area contributed by atoms with E-state index in [0.717, 1.165) is 69.8 Å². The third-order valence-electron chi connectivity index (χ3n) is 12.7. The molecule has 12 nitrogen and oxygen atoms in total. The van der Waals surface area contributed by atoms with Gasteiger partial charge in [0.05, 0.1) is 30.4 Å². The van der Waals surface area contributed by atoms with Crippen LogP contribution in [-0.4, -0.2) is 81.7 Å². The van der Waals surface area contributed by atoms with Crippen molar-refractivity contribution in [3.05, 3.63) is 114 Å². The van der Waals surface area contributed by atoms with E-state index in [0.29, 0.717) is 24.2 Å². The minimum Gasteiger partial charge on any atom is -0.354 e. The lowest BCUT2D eigenvalue weighted by molar-refractivity contribution is -0.133. The smallest absolute Gasteiger partial charge is 0.253 e. The minimum absolute atomic E-state index is 0.00251. The second kappa shape index (κ2) is 21.3. The van der Waals surface area contributed by atoms with Crippen LogP contribution < -0.4 is 21.3 Å². The summed E-state index contributed by atoms with van der Waals surface area (Å²) in [4.78, 5) is 74.2. The topological polar surface area (TPSA) is 155 Å². The molecular weight excluding hydrogens is 779 g/mol. The van der Waals surface area contributed by atoms with Gasteiger partial charge in [0.1, 0.15) is 6.04 Å². The molecule has 3 fully saturated rings. The maximum atomic E-state index is 14.0. The Balaban J connectivity index is 0.985. The Morgan fingerprint density at radius 3 is 1.82 bits per heavy atom. The van der Waals surface area contributed by atoms with Crippen LogP contribution in [0.2, 0.25) is 0 Å². The van der Waals surface area contributed by atoms with Crippen LogP contribution in [0.25, 0.3) is 11.3 Å². The number of nitrogens with one attached hydrogen (secondary N) is 4. The van der Waals surface area contributed by atoms with Crippen molar-refractivity contribution in [2.75, 3.05) is 19.6 Å². The van der Waals surface area contributed by atoms with Gasteiger partial charge in [0.2, 0.25) is 23.6 Å². The summed E-state index contributed by atoms with van der Waals surface area (Å²) >= 11 is 0. The average Bonchev–Trinajstić information content (AvgIpc) is 4.13. The zero-order valence-electron chi connectivity index (χ0n) is 36.3. The quantitative estimate of drug-likeness (QED) is 0.0644. The Hall–Kier alpha value is -5.78. The van der Waals surface area contributed by atoms with Gasteiger partial charge in [-0.25, -0.2) is 4.98 Å². The highest BCUT2D eigenvalue weighted by molar-refractivity contribution is 5.97. The van der Waals surface area contributed by atoms with Crippen molar-refractivity contribution in [2.45, 2.75) is 121 Å². The maximum absolute atomic E-state index is 14.0. The van der Waals surface area contributed by atoms with Crippen LogP contribution in [0.15, 0.2) is 97.5 Å². The predicted octanol–water partition coefficient (Wildman–Crippen LogP) is 6.73. The number of carbonyl (C=O) groups is 5. The molecule has 1 unspecified atom stereocenters. The highest BCUT2D eigenvalue weighted by Gasteiger charge is 2.49. The lowest BCUT2D eigenvalue weighted by Gasteiger charge is -2.19. The van der Waals surface area contributed by atoms with Crippen LogP contribution in [-0.2, 0) is 25.7 Å². The number of rotatable bonds is 22. The van der Waals surface area contributed by atoms with E-state index in [2.05, 4.69) is 64.4 Å². The van der Waals surface area contributed by atoms with Crippen molar-refractivity contribution in [3.8, 4) is 11.3 Å². The summed E-state index contributed by atoms with van der Waals surface area (Å²) in [6.45, 7) is 5.36. The summed E-state index contributed by atoms with van der Waals surface area (Å²) in [7, 11) is 0. The largest absolute Gasteiger partial charge is 0.354 e. The molecular formula is C50H63N7O5. The third kappa shape index (κ3) is 11.8. The van der Waals surface area contributed by atoms with Crippen LogP contribution in [0, 0.1) is 11.8 Å². The summed E-state index contributed by atoms with van der Waals surface area (Å²) in [5, 5.41) is 12.4. The molecule has 3 aliphatic rings. The predicted molar refractivity (Wildman–Crippen MR) is 240 cm³/mol. The Labute approximate surface area is 366 Å². The number of amides is 5. The Bertz CT molecular complexity index is 2050. The second-order valence-corrected chi connectivity index (χ2v) is 17.5. The molecule has 1 saturated heterocycles. The van der Waals surface area contributed by atoms with Gasteiger partial charge in [-0.15, -0.1) is 0 Å². The summed E-state index contributed by atoms with van der Waals surface area (Å²) in [6.07, 6.45) is 13.6. The number of unbranched alkanes of at least 4 members (excludes halogenated alkanes) is 6. The van der Waals surface area contributed by atoms with Gasteiger partial charge in [-0.1, -0.05) is 125 Å². The molecule has 62 heavy (non-hydrogen) atoms. The van der Waals surface area contributed by atoms with Crippen LogP contribution in [0.1, 0.15) is 118 Å². The SMILES string of the molecule is CCCCCCNC(=O)C(Cn1cnc(-c2ccc(C(=O)N3C[C@@H](C(=O)N[C@H]4C[C@@H]4c4ccccc4)[C@H](C(=O)N[C@H]4C[C@@H]4c4ccccc4)C3)cc2)c1)NC(=O)CCCCCC. The summed E-state index contributed by atoms with van der Waals surface area (Å²) in [5.41, 5.74) is 4.25. The molecule has 3 aromatic carbocycles. The maximum Gasteiger partial charge on any atom is 0.253 e. The molecule has 12 heteroatoms. The first-order valence-corrected chi connectivity index (χ1v) is 22.9. The van der Waals surface area contributed by atoms with Gasteiger partial charge >= 0.3 is 0 Å². The van der Waals surface area contributed by atoms with Crippen molar-refractivity contribution in [1.29, 1.82) is 0 Å². The fourth-order valence-corrected chi connectivity index (χ4v) is 8.77. The highest BCUT2D eigenvalue weighted by Crippen LogP contribution is 2.42. The summed E-state index contributed by atoms with van der Waals surface area (Å²) < 4.78 is 1.81. The van der Waals surface area contributed by atoms with E-state index in [4.69, 9.17) is 0 Å². The number of hydrogen-bond donors (Lipinski definition) is 4. The van der Waals surface area contributed by atoms with Crippen LogP contribution in [0.5, 0.6) is 0 Å². The van der Waals surface area contributed by atoms with E-state index < -0.39 is 17.9 Å². The van der Waals surface area contributed by atoms with Gasteiger partial charge in [0, 0.05) is 67.3 Å². The number of imidazole rings is 1. The van der Waals surface area contributed by atoms with Crippen LogP contribution in [0.3, 0.4) is 0 Å². The zero-order chi connectivity index (χ0) is 43.4. The first-order valence-electron chi connectivity index (χ1n) is 22.9. The van der Waals surface area contributed by atoms with Gasteiger partial charge < -0.3 is 30.7 Å². The van der Waals surface area contributed by atoms with Crippen molar-refractivity contribution < 1.29 is 24.0 Å². The molecule has 7 rings (SSSR count). The number of likely N-dealkylation sites (tertiary alicyclic amines) is 1. The molecule has 1 aliphatic heterocycles. The molecule has 0 bridgehead atoms. The Morgan fingerprint density at radius 1 is 0.694 bits per heavy atom. The Morgan fingerprint density at radius 2 is 1.26 bits per heavy atom. The minimum atomic E-state index is -0.747. The van der Waals surface area contributed by atoms with E-state index in [1.165, 1.54) is 11.1 Å². The number of benzene rings is 3. The molecule has 7 atom stereocenters. The normalized spacial score (nSPS) is 21.7. The third-order valence-corrected chi connectivity index (χ3v) is 12.7. The summed E-state index contributed by atoms with van der Waals surface area (Å²) in [5.74, 6) is -1.84. The molecule has 0 spiro atoms.